The van der Waals surface area contributed by atoms with Crippen molar-refractivity contribution in [3.63, 3.8) is 0 Å². The molecule has 2 aromatic rings. The van der Waals surface area contributed by atoms with Gasteiger partial charge in [0.25, 0.3) is 0 Å². The Kier molecular flexibility index (Phi) is 9.63. The number of carboxylic acids is 1. The lowest BCUT2D eigenvalue weighted by atomic mass is 9.97. The maximum atomic E-state index is 13.1. The van der Waals surface area contributed by atoms with Crippen LogP contribution in [0.3, 0.4) is 0 Å². The number of hydrogen-bond acceptors (Lipinski definition) is 4. The van der Waals surface area contributed by atoms with Crippen LogP contribution in [0.25, 0.3) is 0 Å². The van der Waals surface area contributed by atoms with Crippen LogP contribution in [-0.4, -0.2) is 39.9 Å². The summed E-state index contributed by atoms with van der Waals surface area (Å²) in [5, 5.41) is 12.2. The standard InChI is InChI=1S/C24H33N2O5P/c1-17(2)13-20(16-32(30,31)22(25)15-19-11-7-4-8-12-19)23(27)26-21(24(28)29)14-18-9-5-3-6-10-18/h3-12,17,20-22H,13-16,25H2,1-2H3,(H,26,27)(H,28,29)(H,30,31)/t20-,21+,22?/m1/s1. The van der Waals surface area contributed by atoms with E-state index in [0.29, 0.717) is 6.42 Å². The second-order valence-corrected chi connectivity index (χ2v) is 11.2. The molecule has 2 rings (SSSR count). The average molecular weight is 461 g/mol. The van der Waals surface area contributed by atoms with Gasteiger partial charge in [0.15, 0.2) is 0 Å². The van der Waals surface area contributed by atoms with E-state index in [9.17, 15) is 24.2 Å². The lowest BCUT2D eigenvalue weighted by Crippen LogP contribution is -2.46. The van der Waals surface area contributed by atoms with Gasteiger partial charge in [-0.3, -0.25) is 9.36 Å². The molecule has 5 N–H and O–H groups in total. The van der Waals surface area contributed by atoms with Crippen molar-refractivity contribution in [1.82, 2.24) is 5.32 Å². The molecular formula is C24H33N2O5P. The number of nitrogens with one attached hydrogen (secondary N) is 1. The van der Waals surface area contributed by atoms with Gasteiger partial charge in [-0.15, -0.1) is 0 Å². The minimum absolute atomic E-state index is 0.0773. The minimum atomic E-state index is -3.88. The molecule has 4 atom stereocenters. The first-order valence-corrected chi connectivity index (χ1v) is 12.7. The number of rotatable bonds is 12. The fourth-order valence-corrected chi connectivity index (χ4v) is 5.34. The summed E-state index contributed by atoms with van der Waals surface area (Å²) in [6.07, 6.45) is 0.409. The molecular weight excluding hydrogens is 427 g/mol. The lowest BCUT2D eigenvalue weighted by Gasteiger charge is -2.26. The quantitative estimate of drug-likeness (QED) is 0.360. The van der Waals surface area contributed by atoms with E-state index in [4.69, 9.17) is 5.73 Å². The summed E-state index contributed by atoms with van der Waals surface area (Å²) < 4.78 is 13.1. The predicted octanol–water partition coefficient (Wildman–Crippen LogP) is 3.26. The van der Waals surface area contributed by atoms with E-state index in [0.717, 1.165) is 11.1 Å². The van der Waals surface area contributed by atoms with Crippen LogP contribution in [0.4, 0.5) is 0 Å². The van der Waals surface area contributed by atoms with Crippen molar-refractivity contribution >= 4 is 19.2 Å². The first-order valence-electron chi connectivity index (χ1n) is 10.8. The molecule has 0 radical (unpaired) electrons. The number of nitrogens with two attached hydrogens (primary N) is 1. The van der Waals surface area contributed by atoms with Crippen LogP contribution in [0.5, 0.6) is 0 Å². The Hall–Kier alpha value is -2.47. The summed E-state index contributed by atoms with van der Waals surface area (Å²) in [5.74, 6) is -3.44. The molecule has 0 heterocycles. The van der Waals surface area contributed by atoms with Crippen molar-refractivity contribution in [3.8, 4) is 0 Å². The van der Waals surface area contributed by atoms with Crippen LogP contribution in [0, 0.1) is 11.8 Å². The summed E-state index contributed by atoms with van der Waals surface area (Å²) >= 11 is 0. The third-order valence-electron chi connectivity index (χ3n) is 5.31. The topological polar surface area (TPSA) is 130 Å². The van der Waals surface area contributed by atoms with Gasteiger partial charge in [-0.2, -0.15) is 0 Å². The zero-order valence-electron chi connectivity index (χ0n) is 18.6. The second-order valence-electron chi connectivity index (χ2n) is 8.61. The van der Waals surface area contributed by atoms with Crippen molar-refractivity contribution in [2.24, 2.45) is 17.6 Å². The zero-order chi connectivity index (χ0) is 23.7. The largest absolute Gasteiger partial charge is 0.480 e. The third-order valence-corrected chi connectivity index (χ3v) is 7.49. The maximum absolute atomic E-state index is 13.1. The number of benzene rings is 2. The van der Waals surface area contributed by atoms with Crippen molar-refractivity contribution in [2.45, 2.75) is 44.9 Å². The molecule has 0 bridgehead atoms. The monoisotopic (exact) mass is 460 g/mol. The Balaban J connectivity index is 2.11. The molecule has 0 aliphatic carbocycles. The van der Waals surface area contributed by atoms with Gasteiger partial charge >= 0.3 is 5.97 Å². The van der Waals surface area contributed by atoms with Gasteiger partial charge in [-0.25, -0.2) is 4.79 Å². The Morgan fingerprint density at radius 1 is 0.969 bits per heavy atom. The Morgan fingerprint density at radius 3 is 1.94 bits per heavy atom. The zero-order valence-corrected chi connectivity index (χ0v) is 19.4. The summed E-state index contributed by atoms with van der Waals surface area (Å²) in [7, 11) is -3.88. The van der Waals surface area contributed by atoms with E-state index < -0.39 is 37.0 Å². The highest BCUT2D eigenvalue weighted by molar-refractivity contribution is 7.58. The van der Waals surface area contributed by atoms with Crippen molar-refractivity contribution in [3.05, 3.63) is 71.8 Å². The first kappa shape index (κ1) is 25.8. The summed E-state index contributed by atoms with van der Waals surface area (Å²) in [5.41, 5.74) is 7.69. The summed E-state index contributed by atoms with van der Waals surface area (Å²) in [6, 6.07) is 17.1. The molecule has 32 heavy (non-hydrogen) atoms. The number of carboxylic acid groups (broad SMARTS) is 1. The lowest BCUT2D eigenvalue weighted by molar-refractivity contribution is -0.142. The fourth-order valence-electron chi connectivity index (χ4n) is 3.62. The molecule has 0 saturated carbocycles. The van der Waals surface area contributed by atoms with Gasteiger partial charge in [0.2, 0.25) is 13.3 Å². The Bertz CT molecular complexity index is 921. The van der Waals surface area contributed by atoms with Crippen molar-refractivity contribution in [1.29, 1.82) is 0 Å². The van der Waals surface area contributed by atoms with Gasteiger partial charge in [0, 0.05) is 18.5 Å². The van der Waals surface area contributed by atoms with Crippen molar-refractivity contribution < 1.29 is 24.2 Å². The highest BCUT2D eigenvalue weighted by atomic mass is 31.2. The molecule has 8 heteroatoms. The van der Waals surface area contributed by atoms with Crippen molar-refractivity contribution in [2.75, 3.05) is 6.16 Å². The second kappa shape index (κ2) is 12.0. The molecule has 0 saturated heterocycles. The summed E-state index contributed by atoms with van der Waals surface area (Å²) in [6.45, 7) is 3.82. The van der Waals surface area contributed by atoms with Crippen LogP contribution < -0.4 is 11.1 Å². The molecule has 0 aliphatic rings. The molecule has 0 fully saturated rings. The summed E-state index contributed by atoms with van der Waals surface area (Å²) in [4.78, 5) is 35.4. The van der Waals surface area contributed by atoms with E-state index in [1.54, 1.807) is 24.3 Å². The fraction of sp³-hybridized carbons (Fsp3) is 0.417. The molecule has 0 aliphatic heterocycles. The van der Waals surface area contributed by atoms with Gasteiger partial charge in [0.05, 0.1) is 5.78 Å². The van der Waals surface area contributed by atoms with Crippen LogP contribution in [-0.2, 0) is 27.0 Å². The van der Waals surface area contributed by atoms with Gasteiger partial charge < -0.3 is 21.1 Å². The molecule has 2 unspecified atom stereocenters. The smallest absolute Gasteiger partial charge is 0.326 e. The Morgan fingerprint density at radius 2 is 1.47 bits per heavy atom. The number of aliphatic carboxylic acids is 1. The molecule has 0 aromatic heterocycles. The molecule has 0 spiro atoms. The highest BCUT2D eigenvalue weighted by Crippen LogP contribution is 2.47. The average Bonchev–Trinajstić information content (AvgIpc) is 2.73. The highest BCUT2D eigenvalue weighted by Gasteiger charge is 2.35. The molecule has 174 valence electrons. The van der Waals surface area contributed by atoms with E-state index in [2.05, 4.69) is 5.32 Å². The molecule has 2 aromatic carbocycles. The van der Waals surface area contributed by atoms with Gasteiger partial charge in [0.1, 0.15) is 6.04 Å². The molecule has 7 nitrogen and oxygen atoms in total. The van der Waals surface area contributed by atoms with E-state index in [1.165, 1.54) is 0 Å². The molecule has 1 amide bonds. The van der Waals surface area contributed by atoms with Gasteiger partial charge in [-0.1, -0.05) is 74.5 Å². The number of amides is 1. The first-order chi connectivity index (χ1) is 15.1. The Labute approximate surface area is 189 Å². The normalized spacial score (nSPS) is 16.0. The van der Waals surface area contributed by atoms with E-state index in [-0.39, 0.29) is 24.9 Å². The van der Waals surface area contributed by atoms with E-state index in [1.807, 2.05) is 50.2 Å². The number of hydrogen-bond donors (Lipinski definition) is 4. The number of carbonyl (C=O) groups excluding carboxylic acids is 1. The third kappa shape index (κ3) is 8.23. The number of carbonyl (C=O) groups is 2. The SMILES string of the molecule is CC(C)C[C@H](CP(=O)(O)C(N)Cc1ccccc1)C(=O)N[C@@H](Cc1ccccc1)C(=O)O. The minimum Gasteiger partial charge on any atom is -0.480 e. The maximum Gasteiger partial charge on any atom is 0.326 e. The predicted molar refractivity (Wildman–Crippen MR) is 125 cm³/mol. The van der Waals surface area contributed by atoms with Crippen LogP contribution >= 0.6 is 7.37 Å². The van der Waals surface area contributed by atoms with Crippen LogP contribution in [0.1, 0.15) is 31.4 Å². The van der Waals surface area contributed by atoms with Gasteiger partial charge in [-0.05, 0) is 29.9 Å². The van der Waals surface area contributed by atoms with Crippen LogP contribution in [0.2, 0.25) is 0 Å². The van der Waals surface area contributed by atoms with Crippen LogP contribution in [0.15, 0.2) is 60.7 Å². The van der Waals surface area contributed by atoms with E-state index >= 15 is 0 Å².